The number of hydrogen-bond acceptors (Lipinski definition) is 4. The van der Waals surface area contributed by atoms with E-state index in [1.807, 2.05) is 0 Å². The molecule has 0 atom stereocenters. The molecule has 0 unspecified atom stereocenters. The van der Waals surface area contributed by atoms with Gasteiger partial charge in [0.05, 0.1) is 0 Å². The van der Waals surface area contributed by atoms with Crippen LogP contribution in [0.3, 0.4) is 0 Å². The first-order valence-electron chi connectivity index (χ1n) is 1.82. The molecule has 0 spiro atoms. The van der Waals surface area contributed by atoms with Crippen molar-refractivity contribution >= 4 is 19.8 Å². The number of phosphoric acid groups is 1. The summed E-state index contributed by atoms with van der Waals surface area (Å²) < 4.78 is 23.8. The molecule has 0 fully saturated rings. The van der Waals surface area contributed by atoms with E-state index < -0.39 is 19.8 Å². The third-order valence-electron chi connectivity index (χ3n) is 0.362. The third kappa shape index (κ3) is 4.13. The summed E-state index contributed by atoms with van der Waals surface area (Å²) >= 11 is 0. The Kier molecular flexibility index (Phi) is 2.65. The Morgan fingerprint density at radius 1 is 1.40 bits per heavy atom. The molecule has 6 nitrogen and oxygen atoms in total. The van der Waals surface area contributed by atoms with Crippen molar-refractivity contribution in [2.24, 2.45) is 0 Å². The second-order valence-electron chi connectivity index (χ2n) is 1.14. The third-order valence-corrected chi connectivity index (χ3v) is 0.766. The minimum absolute atomic E-state index is 2.20. The number of hydrogen-bond donors (Lipinski definition) is 2. The van der Waals surface area contributed by atoms with Crippen LogP contribution in [-0.4, -0.2) is 21.8 Å². The van der Waals surface area contributed by atoms with Gasteiger partial charge in [0.25, 0.3) is 0 Å². The van der Waals surface area contributed by atoms with Crippen LogP contribution in [0.15, 0.2) is 0 Å². The maximum Gasteiger partial charge on any atom is 0.527 e. The molecule has 0 bridgehead atoms. The molecule has 0 aliphatic rings. The minimum Gasteiger partial charge on any atom is -0.363 e. The van der Waals surface area contributed by atoms with E-state index in [0.29, 0.717) is 0 Å². The molecule has 0 aliphatic heterocycles. The van der Waals surface area contributed by atoms with Crippen molar-refractivity contribution in [3.63, 3.8) is 0 Å². The van der Waals surface area contributed by atoms with E-state index in [0.717, 1.165) is 0 Å². The van der Waals surface area contributed by atoms with Crippen LogP contribution in [0.1, 0.15) is 0 Å². The molecule has 58 valence electrons. The zero-order valence-electron chi connectivity index (χ0n) is 4.35. The molecule has 0 radical (unpaired) electrons. The van der Waals surface area contributed by atoms with Gasteiger partial charge in [-0.3, -0.25) is 9.79 Å². The van der Waals surface area contributed by atoms with Gasteiger partial charge in [-0.25, -0.2) is 14.2 Å². The topological polar surface area (TPSA) is 101 Å². The van der Waals surface area contributed by atoms with Gasteiger partial charge in [-0.2, -0.15) is 4.39 Å². The van der Waals surface area contributed by atoms with Gasteiger partial charge in [0.2, 0.25) is 0 Å². The molecule has 0 aromatic rings. The molecular weight excluding hydrogens is 170 g/mol. The zero-order valence-corrected chi connectivity index (χ0v) is 5.25. The molecule has 0 amide bonds. The molecule has 0 saturated carbocycles. The average molecular weight is 172 g/mol. The predicted molar refractivity (Wildman–Crippen MR) is 24.3 cm³/mol. The first kappa shape index (κ1) is 9.22. The van der Waals surface area contributed by atoms with E-state index in [4.69, 9.17) is 9.79 Å². The number of phosphoric ester groups is 1. The van der Waals surface area contributed by atoms with Gasteiger partial charge in [0.1, 0.15) is 0 Å². The summed E-state index contributed by atoms with van der Waals surface area (Å²) in [6, 6.07) is -2.55. The Hall–Kier alpha value is -0.780. The van der Waals surface area contributed by atoms with Crippen molar-refractivity contribution in [1.29, 1.82) is 0 Å². The lowest BCUT2D eigenvalue weighted by Gasteiger charge is -1.99. The summed E-state index contributed by atoms with van der Waals surface area (Å²) in [5.74, 6) is -2.20. The first-order chi connectivity index (χ1) is 4.33. The zero-order chi connectivity index (χ0) is 8.36. The van der Waals surface area contributed by atoms with Crippen LogP contribution in [0.2, 0.25) is 0 Å². The van der Waals surface area contributed by atoms with Gasteiger partial charge < -0.3 is 4.52 Å². The van der Waals surface area contributed by atoms with Crippen LogP contribution < -0.4 is 0 Å². The molecule has 0 aromatic carbocycles. The number of carbonyl (C=O) groups excluding carboxylic acids is 2. The van der Waals surface area contributed by atoms with Crippen molar-refractivity contribution in [3.8, 4) is 0 Å². The fraction of sp³-hybridized carbons (Fsp3) is 0. The molecule has 0 rings (SSSR count). The Morgan fingerprint density at radius 2 is 1.80 bits per heavy atom. The standard InChI is InChI=1S/C2H2FO6P/c3-1(4)2(5)9-10(6,7)8/h(H2,6,7,8). The second kappa shape index (κ2) is 2.87. The monoisotopic (exact) mass is 172 g/mol. The van der Waals surface area contributed by atoms with E-state index in [2.05, 4.69) is 4.52 Å². The van der Waals surface area contributed by atoms with Crippen LogP contribution in [0.4, 0.5) is 4.39 Å². The smallest absolute Gasteiger partial charge is 0.363 e. The first-order valence-corrected chi connectivity index (χ1v) is 3.35. The highest BCUT2D eigenvalue weighted by Gasteiger charge is 2.25. The fourth-order valence-electron chi connectivity index (χ4n) is 0.144. The number of carbonyl (C=O) groups is 2. The normalized spacial score (nSPS) is 10.7. The Bertz CT molecular complexity index is 204. The summed E-state index contributed by atoms with van der Waals surface area (Å²) in [6.45, 7) is 0. The van der Waals surface area contributed by atoms with Crippen molar-refractivity contribution in [2.45, 2.75) is 0 Å². The van der Waals surface area contributed by atoms with Gasteiger partial charge in [-0.05, 0) is 0 Å². The molecule has 0 aromatic heterocycles. The average Bonchev–Trinajstić information content (AvgIpc) is 1.60. The lowest BCUT2D eigenvalue weighted by molar-refractivity contribution is -0.154. The van der Waals surface area contributed by atoms with E-state index in [9.17, 15) is 18.5 Å². The summed E-state index contributed by atoms with van der Waals surface area (Å²) in [5.41, 5.74) is 0. The Balaban J connectivity index is 4.07. The van der Waals surface area contributed by atoms with Gasteiger partial charge in [-0.15, -0.1) is 0 Å². The molecule has 10 heavy (non-hydrogen) atoms. The van der Waals surface area contributed by atoms with Gasteiger partial charge in [-0.1, -0.05) is 0 Å². The molecule has 0 aliphatic carbocycles. The van der Waals surface area contributed by atoms with E-state index >= 15 is 0 Å². The van der Waals surface area contributed by atoms with Crippen molar-refractivity contribution in [3.05, 3.63) is 0 Å². The van der Waals surface area contributed by atoms with Crippen molar-refractivity contribution < 1.29 is 32.9 Å². The maximum absolute atomic E-state index is 11.2. The highest BCUT2D eigenvalue weighted by Crippen LogP contribution is 2.35. The van der Waals surface area contributed by atoms with Crippen molar-refractivity contribution in [2.75, 3.05) is 0 Å². The minimum atomic E-state index is -5.09. The lowest BCUT2D eigenvalue weighted by atomic mass is 10.8. The van der Waals surface area contributed by atoms with E-state index in [1.165, 1.54) is 0 Å². The summed E-state index contributed by atoms with van der Waals surface area (Å²) in [5, 5.41) is 0. The number of rotatable bonds is 2. The van der Waals surface area contributed by atoms with Crippen LogP contribution >= 0.6 is 7.82 Å². The number of halogens is 1. The molecule has 0 heterocycles. The van der Waals surface area contributed by atoms with E-state index in [-0.39, 0.29) is 0 Å². The molecule has 0 saturated heterocycles. The van der Waals surface area contributed by atoms with Gasteiger partial charge >= 0.3 is 19.8 Å². The predicted octanol–water partition coefficient (Wildman–Crippen LogP) is -0.882. The summed E-state index contributed by atoms with van der Waals surface area (Å²) in [4.78, 5) is 34.6. The fourth-order valence-corrected chi connectivity index (χ4v) is 0.432. The summed E-state index contributed by atoms with van der Waals surface area (Å²) in [7, 11) is -5.09. The SMILES string of the molecule is O=C(F)C(=O)OP(=O)(O)O. The lowest BCUT2D eigenvalue weighted by Crippen LogP contribution is -2.10. The maximum atomic E-state index is 11.2. The largest absolute Gasteiger partial charge is 0.527 e. The molecule has 2 N–H and O–H groups in total. The Labute approximate surface area is 53.8 Å². The van der Waals surface area contributed by atoms with Crippen LogP contribution in [0, 0.1) is 0 Å². The van der Waals surface area contributed by atoms with Gasteiger partial charge in [0, 0.05) is 0 Å². The quantitative estimate of drug-likeness (QED) is 0.318. The van der Waals surface area contributed by atoms with E-state index in [1.54, 1.807) is 0 Å². The van der Waals surface area contributed by atoms with Gasteiger partial charge in [0.15, 0.2) is 0 Å². The molecule has 8 heteroatoms. The second-order valence-corrected chi connectivity index (χ2v) is 2.31. The van der Waals surface area contributed by atoms with Crippen LogP contribution in [-0.2, 0) is 18.7 Å². The molecular formula is C2H2FO6P. The van der Waals surface area contributed by atoms with Crippen LogP contribution in [0.25, 0.3) is 0 Å². The summed E-state index contributed by atoms with van der Waals surface area (Å²) in [6.07, 6.45) is 0. The Morgan fingerprint density at radius 3 is 1.90 bits per heavy atom. The highest BCUT2D eigenvalue weighted by molar-refractivity contribution is 7.47. The van der Waals surface area contributed by atoms with Crippen molar-refractivity contribution in [1.82, 2.24) is 0 Å². The van der Waals surface area contributed by atoms with Crippen LogP contribution in [0.5, 0.6) is 0 Å². The highest BCUT2D eigenvalue weighted by atomic mass is 31.2.